The molecule has 0 aromatic heterocycles. The molecule has 2 heterocycles. The summed E-state index contributed by atoms with van der Waals surface area (Å²) in [6.07, 6.45) is 0. The van der Waals surface area contributed by atoms with Crippen molar-refractivity contribution in [3.8, 4) is 0 Å². The lowest BCUT2D eigenvalue weighted by Crippen LogP contribution is -2.48. The van der Waals surface area contributed by atoms with Gasteiger partial charge in [-0.1, -0.05) is 30.3 Å². The predicted molar refractivity (Wildman–Crippen MR) is 131 cm³/mol. The summed E-state index contributed by atoms with van der Waals surface area (Å²) >= 11 is 0. The van der Waals surface area contributed by atoms with Crippen molar-refractivity contribution in [2.75, 3.05) is 51.3 Å². The first kappa shape index (κ1) is 23.1. The molecule has 174 valence electrons. The van der Waals surface area contributed by atoms with Crippen molar-refractivity contribution in [2.24, 2.45) is 0 Å². The van der Waals surface area contributed by atoms with Crippen LogP contribution >= 0.6 is 0 Å². The molecule has 2 aliphatic rings. The van der Waals surface area contributed by atoms with E-state index in [2.05, 4.69) is 41.8 Å². The molecule has 4 rings (SSSR count). The monoisotopic (exact) mass is 447 g/mol. The fourth-order valence-corrected chi connectivity index (χ4v) is 4.65. The summed E-state index contributed by atoms with van der Waals surface area (Å²) in [5.74, 6) is -0.447. The second-order valence-corrected chi connectivity index (χ2v) is 8.97. The van der Waals surface area contributed by atoms with Gasteiger partial charge in [-0.3, -0.25) is 14.5 Å². The minimum absolute atomic E-state index is 0.217. The molecule has 2 aromatic rings. The van der Waals surface area contributed by atoms with E-state index in [1.165, 1.54) is 21.7 Å². The zero-order valence-electron chi connectivity index (χ0n) is 20.3. The lowest BCUT2D eigenvalue weighted by Gasteiger charge is -2.38. The van der Waals surface area contributed by atoms with Crippen LogP contribution in [-0.4, -0.2) is 68.1 Å². The summed E-state index contributed by atoms with van der Waals surface area (Å²) in [7, 11) is 1.58. The molecule has 33 heavy (non-hydrogen) atoms. The SMILES string of the molecule is COCCN1C(=O)C(c2ccc(C)c(C)c2)=C(N2CCN(c3cccc(C)c3C)CC2)C1=O. The molecule has 0 aliphatic carbocycles. The van der Waals surface area contributed by atoms with E-state index in [1.807, 2.05) is 32.0 Å². The summed E-state index contributed by atoms with van der Waals surface area (Å²) in [5, 5.41) is 0. The molecule has 6 nitrogen and oxygen atoms in total. The lowest BCUT2D eigenvalue weighted by molar-refractivity contribution is -0.138. The number of methoxy groups -OCH3 is 1. The average molecular weight is 448 g/mol. The normalized spacial score (nSPS) is 16.9. The largest absolute Gasteiger partial charge is 0.383 e. The topological polar surface area (TPSA) is 53.1 Å². The maximum absolute atomic E-state index is 13.4. The zero-order chi connectivity index (χ0) is 23.7. The fraction of sp³-hybridized carbons (Fsp3) is 0.407. The van der Waals surface area contributed by atoms with Crippen LogP contribution in [0.15, 0.2) is 42.1 Å². The van der Waals surface area contributed by atoms with Crippen LogP contribution in [0.2, 0.25) is 0 Å². The Hall–Kier alpha value is -3.12. The van der Waals surface area contributed by atoms with Gasteiger partial charge >= 0.3 is 0 Å². The third-order valence-corrected chi connectivity index (χ3v) is 6.97. The first-order valence-corrected chi connectivity index (χ1v) is 11.6. The fourth-order valence-electron chi connectivity index (χ4n) is 4.65. The number of rotatable bonds is 6. The van der Waals surface area contributed by atoms with Crippen LogP contribution in [0.4, 0.5) is 5.69 Å². The number of nitrogens with zero attached hydrogens (tertiary/aromatic N) is 3. The van der Waals surface area contributed by atoms with Crippen molar-refractivity contribution in [2.45, 2.75) is 27.7 Å². The highest BCUT2D eigenvalue weighted by Gasteiger charge is 2.42. The molecular weight excluding hydrogens is 414 g/mol. The molecule has 0 radical (unpaired) electrons. The van der Waals surface area contributed by atoms with Crippen LogP contribution in [0.25, 0.3) is 5.57 Å². The maximum atomic E-state index is 13.4. The number of piperazine rings is 1. The number of benzene rings is 2. The summed E-state index contributed by atoms with van der Waals surface area (Å²) in [6.45, 7) is 11.9. The van der Waals surface area contributed by atoms with E-state index in [0.29, 0.717) is 31.0 Å². The Bertz CT molecular complexity index is 1110. The van der Waals surface area contributed by atoms with Crippen LogP contribution in [0.3, 0.4) is 0 Å². The van der Waals surface area contributed by atoms with E-state index in [9.17, 15) is 9.59 Å². The number of anilines is 1. The van der Waals surface area contributed by atoms with Gasteiger partial charge in [-0.05, 0) is 61.6 Å². The quantitative estimate of drug-likeness (QED) is 0.635. The molecule has 0 saturated carbocycles. The van der Waals surface area contributed by atoms with Crippen molar-refractivity contribution >= 4 is 23.1 Å². The Labute approximate surface area is 196 Å². The first-order valence-electron chi connectivity index (χ1n) is 11.6. The van der Waals surface area contributed by atoms with Gasteiger partial charge in [-0.25, -0.2) is 0 Å². The number of hydrogen-bond donors (Lipinski definition) is 0. The van der Waals surface area contributed by atoms with Gasteiger partial charge in [0.2, 0.25) is 0 Å². The zero-order valence-corrected chi connectivity index (χ0v) is 20.3. The Morgan fingerprint density at radius 2 is 1.52 bits per heavy atom. The van der Waals surface area contributed by atoms with Crippen LogP contribution in [0.1, 0.15) is 27.8 Å². The second kappa shape index (κ2) is 9.40. The van der Waals surface area contributed by atoms with Gasteiger partial charge in [0.15, 0.2) is 0 Å². The molecule has 0 unspecified atom stereocenters. The summed E-state index contributed by atoms with van der Waals surface area (Å²) < 4.78 is 5.16. The van der Waals surface area contributed by atoms with Crippen LogP contribution in [0, 0.1) is 27.7 Å². The third kappa shape index (κ3) is 4.27. The van der Waals surface area contributed by atoms with Gasteiger partial charge in [-0.15, -0.1) is 0 Å². The van der Waals surface area contributed by atoms with E-state index in [-0.39, 0.29) is 18.4 Å². The second-order valence-electron chi connectivity index (χ2n) is 8.97. The van der Waals surface area contributed by atoms with E-state index >= 15 is 0 Å². The van der Waals surface area contributed by atoms with Gasteiger partial charge in [0.25, 0.3) is 11.8 Å². The maximum Gasteiger partial charge on any atom is 0.277 e. The van der Waals surface area contributed by atoms with E-state index in [1.54, 1.807) is 7.11 Å². The van der Waals surface area contributed by atoms with Crippen molar-refractivity contribution in [3.05, 3.63) is 69.9 Å². The molecule has 1 fully saturated rings. The van der Waals surface area contributed by atoms with Gasteiger partial charge < -0.3 is 14.5 Å². The molecule has 6 heteroatoms. The van der Waals surface area contributed by atoms with Crippen molar-refractivity contribution in [1.82, 2.24) is 9.80 Å². The molecule has 0 bridgehead atoms. The number of hydrogen-bond acceptors (Lipinski definition) is 5. The predicted octanol–water partition coefficient (Wildman–Crippen LogP) is 3.47. The van der Waals surface area contributed by atoms with Gasteiger partial charge in [0.05, 0.1) is 18.7 Å². The Morgan fingerprint density at radius 1 is 0.818 bits per heavy atom. The average Bonchev–Trinajstić information content (AvgIpc) is 3.06. The Morgan fingerprint density at radius 3 is 2.18 bits per heavy atom. The Kier molecular flexibility index (Phi) is 6.56. The Balaban J connectivity index is 1.65. The van der Waals surface area contributed by atoms with E-state index in [4.69, 9.17) is 4.74 Å². The van der Waals surface area contributed by atoms with E-state index < -0.39 is 0 Å². The van der Waals surface area contributed by atoms with Crippen LogP contribution in [-0.2, 0) is 14.3 Å². The van der Waals surface area contributed by atoms with E-state index in [0.717, 1.165) is 29.8 Å². The molecule has 0 N–H and O–H groups in total. The number of carbonyl (C=O) groups excluding carboxylic acids is 2. The van der Waals surface area contributed by atoms with Crippen LogP contribution < -0.4 is 4.90 Å². The highest BCUT2D eigenvalue weighted by molar-refractivity contribution is 6.35. The van der Waals surface area contributed by atoms with Crippen molar-refractivity contribution in [3.63, 3.8) is 0 Å². The summed E-state index contributed by atoms with van der Waals surface area (Å²) in [6, 6.07) is 12.4. The van der Waals surface area contributed by atoms with Gasteiger partial charge in [0, 0.05) is 39.0 Å². The summed E-state index contributed by atoms with van der Waals surface area (Å²) in [4.78, 5) is 32.6. The number of ether oxygens (including phenoxy) is 1. The molecule has 2 aromatic carbocycles. The molecule has 0 atom stereocenters. The highest BCUT2D eigenvalue weighted by Crippen LogP contribution is 2.34. The van der Waals surface area contributed by atoms with Crippen LogP contribution in [0.5, 0.6) is 0 Å². The van der Waals surface area contributed by atoms with Crippen molar-refractivity contribution < 1.29 is 14.3 Å². The van der Waals surface area contributed by atoms with Gasteiger partial charge in [0.1, 0.15) is 5.70 Å². The minimum Gasteiger partial charge on any atom is -0.383 e. The number of carbonyl (C=O) groups is 2. The molecule has 2 amide bonds. The lowest BCUT2D eigenvalue weighted by atomic mass is 9.99. The number of imide groups is 1. The summed E-state index contributed by atoms with van der Waals surface area (Å²) in [5.41, 5.74) is 7.93. The molecular formula is C27H33N3O3. The minimum atomic E-state index is -0.229. The van der Waals surface area contributed by atoms with Gasteiger partial charge in [-0.2, -0.15) is 0 Å². The first-order chi connectivity index (χ1) is 15.8. The molecule has 2 aliphatic heterocycles. The number of amides is 2. The highest BCUT2D eigenvalue weighted by atomic mass is 16.5. The molecule has 1 saturated heterocycles. The third-order valence-electron chi connectivity index (χ3n) is 6.97. The van der Waals surface area contributed by atoms with Crippen molar-refractivity contribution in [1.29, 1.82) is 0 Å². The standard InChI is InChI=1S/C27H33N3O3/c1-18-9-10-22(17-20(18)3)24-25(27(32)30(26(24)31)15-16-33-5)29-13-11-28(12-14-29)23-8-6-7-19(2)21(23)4/h6-10,17H,11-16H2,1-5H3. The number of aryl methyl sites for hydroxylation is 3. The smallest absolute Gasteiger partial charge is 0.277 e. The molecule has 0 spiro atoms.